The lowest BCUT2D eigenvalue weighted by molar-refractivity contribution is 0.103. The highest BCUT2D eigenvalue weighted by molar-refractivity contribution is 6.52. The van der Waals surface area contributed by atoms with Crippen LogP contribution in [0.2, 0.25) is 20.2 Å². The van der Waals surface area contributed by atoms with Crippen LogP contribution in [0, 0.1) is 0 Å². The molecule has 0 atom stereocenters. The fourth-order valence-corrected chi connectivity index (χ4v) is 2.18. The first-order valence-electron chi connectivity index (χ1n) is 4.82. The van der Waals surface area contributed by atoms with Crippen molar-refractivity contribution in [2.75, 3.05) is 0 Å². The van der Waals surface area contributed by atoms with Crippen LogP contribution in [0.15, 0.2) is 30.3 Å². The molecule has 2 aromatic rings. The van der Waals surface area contributed by atoms with Crippen molar-refractivity contribution in [1.82, 2.24) is 4.98 Å². The molecule has 1 aromatic carbocycles. The number of hydrogen-bond donors (Lipinski definition) is 0. The zero-order chi connectivity index (χ0) is 13.3. The first-order chi connectivity index (χ1) is 8.52. The van der Waals surface area contributed by atoms with Crippen molar-refractivity contribution < 1.29 is 4.79 Å². The molecule has 0 bridgehead atoms. The summed E-state index contributed by atoms with van der Waals surface area (Å²) in [6.07, 6.45) is 0. The fraction of sp³-hybridized carbons (Fsp3) is 0. The number of aromatic nitrogens is 1. The van der Waals surface area contributed by atoms with Crippen molar-refractivity contribution in [2.45, 2.75) is 0 Å². The molecule has 1 heterocycles. The van der Waals surface area contributed by atoms with Gasteiger partial charge in [-0.05, 0) is 0 Å². The molecule has 0 aliphatic rings. The number of nitrogens with zero attached hydrogens (tertiary/aromatic N) is 1. The molecule has 0 amide bonds. The van der Waals surface area contributed by atoms with Gasteiger partial charge in [0.2, 0.25) is 5.78 Å². The third kappa shape index (κ3) is 2.47. The van der Waals surface area contributed by atoms with Gasteiger partial charge in [-0.15, -0.1) is 0 Å². The second-order valence-electron chi connectivity index (χ2n) is 3.39. The molecule has 0 radical (unpaired) electrons. The second kappa shape index (κ2) is 5.45. The van der Waals surface area contributed by atoms with Crippen molar-refractivity contribution in [2.24, 2.45) is 0 Å². The van der Waals surface area contributed by atoms with Crippen LogP contribution in [-0.2, 0) is 0 Å². The van der Waals surface area contributed by atoms with E-state index in [0.717, 1.165) is 0 Å². The Morgan fingerprint density at radius 3 is 2.11 bits per heavy atom. The van der Waals surface area contributed by atoms with E-state index in [4.69, 9.17) is 46.4 Å². The third-order valence-corrected chi connectivity index (χ3v) is 3.91. The second-order valence-corrected chi connectivity index (χ2v) is 4.88. The van der Waals surface area contributed by atoms with Gasteiger partial charge in [-0.3, -0.25) is 4.79 Å². The predicted octanol–water partition coefficient (Wildman–Crippen LogP) is 4.93. The van der Waals surface area contributed by atoms with Gasteiger partial charge in [0.1, 0.15) is 10.8 Å². The maximum atomic E-state index is 12.2. The predicted molar refractivity (Wildman–Crippen MR) is 74.2 cm³/mol. The molecule has 0 aliphatic heterocycles. The first-order valence-corrected chi connectivity index (χ1v) is 6.33. The number of pyridine rings is 1. The number of rotatable bonds is 2. The summed E-state index contributed by atoms with van der Waals surface area (Å²) in [6, 6.07) is 8.57. The molecule has 0 N–H and O–H groups in total. The summed E-state index contributed by atoms with van der Waals surface area (Å²) >= 11 is 23.4. The lowest BCUT2D eigenvalue weighted by Gasteiger charge is -2.07. The van der Waals surface area contributed by atoms with Crippen LogP contribution in [0.5, 0.6) is 0 Å². The number of halogens is 4. The molecule has 18 heavy (non-hydrogen) atoms. The lowest BCUT2D eigenvalue weighted by Crippen LogP contribution is -2.06. The lowest BCUT2D eigenvalue weighted by atomic mass is 10.1. The Hall–Kier alpha value is -0.800. The van der Waals surface area contributed by atoms with Gasteiger partial charge in [0.15, 0.2) is 0 Å². The Balaban J connectivity index is 2.56. The van der Waals surface area contributed by atoms with Crippen molar-refractivity contribution in [3.8, 4) is 0 Å². The SMILES string of the molecule is O=C(c1ccccc1)c1nc(Cl)c(Cl)c(Cl)c1Cl. The molecule has 0 fully saturated rings. The number of ketones is 1. The highest BCUT2D eigenvalue weighted by Gasteiger charge is 2.21. The van der Waals surface area contributed by atoms with Gasteiger partial charge in [-0.1, -0.05) is 76.7 Å². The monoisotopic (exact) mass is 319 g/mol. The van der Waals surface area contributed by atoms with Crippen LogP contribution in [-0.4, -0.2) is 10.8 Å². The number of carbonyl (C=O) groups excluding carboxylic acids is 1. The number of carbonyl (C=O) groups is 1. The molecule has 0 saturated carbocycles. The van der Waals surface area contributed by atoms with Gasteiger partial charge >= 0.3 is 0 Å². The van der Waals surface area contributed by atoms with E-state index in [2.05, 4.69) is 4.98 Å². The minimum Gasteiger partial charge on any atom is -0.287 e. The molecule has 0 unspecified atom stereocenters. The summed E-state index contributed by atoms with van der Waals surface area (Å²) in [4.78, 5) is 16.1. The number of benzene rings is 1. The van der Waals surface area contributed by atoms with E-state index in [0.29, 0.717) is 5.56 Å². The van der Waals surface area contributed by atoms with Crippen LogP contribution in [0.25, 0.3) is 0 Å². The molecule has 0 saturated heterocycles. The first kappa shape index (κ1) is 13.6. The molecule has 1 aromatic heterocycles. The van der Waals surface area contributed by atoms with Crippen LogP contribution >= 0.6 is 46.4 Å². The van der Waals surface area contributed by atoms with E-state index >= 15 is 0 Å². The van der Waals surface area contributed by atoms with E-state index in [1.165, 1.54) is 0 Å². The summed E-state index contributed by atoms with van der Waals surface area (Å²) in [5.74, 6) is -0.360. The van der Waals surface area contributed by atoms with Gasteiger partial charge in [0.25, 0.3) is 0 Å². The van der Waals surface area contributed by atoms with E-state index in [9.17, 15) is 4.79 Å². The largest absolute Gasteiger partial charge is 0.287 e. The molecular weight excluding hydrogens is 316 g/mol. The van der Waals surface area contributed by atoms with Crippen molar-refractivity contribution in [1.29, 1.82) is 0 Å². The highest BCUT2D eigenvalue weighted by atomic mass is 35.5. The molecule has 2 rings (SSSR count). The van der Waals surface area contributed by atoms with Gasteiger partial charge in [-0.25, -0.2) is 4.98 Å². The van der Waals surface area contributed by atoms with Crippen LogP contribution in [0.3, 0.4) is 0 Å². The summed E-state index contributed by atoms with van der Waals surface area (Å²) in [6.45, 7) is 0. The van der Waals surface area contributed by atoms with Crippen molar-refractivity contribution in [3.63, 3.8) is 0 Å². The maximum Gasteiger partial charge on any atom is 0.212 e. The van der Waals surface area contributed by atoms with Crippen LogP contribution in [0.4, 0.5) is 0 Å². The van der Waals surface area contributed by atoms with Gasteiger partial charge in [0.05, 0.1) is 15.1 Å². The average molecular weight is 321 g/mol. The van der Waals surface area contributed by atoms with E-state index in [1.807, 2.05) is 0 Å². The minimum atomic E-state index is -0.360. The molecule has 92 valence electrons. The summed E-state index contributed by atoms with van der Waals surface area (Å²) < 4.78 is 0. The standard InChI is InChI=1S/C12H5Cl4NO/c13-7-8(14)10(17-12(16)9(7)15)11(18)6-4-2-1-3-5-6/h1-5H. The normalized spacial score (nSPS) is 10.4. The Morgan fingerprint density at radius 2 is 1.50 bits per heavy atom. The smallest absolute Gasteiger partial charge is 0.212 e. The van der Waals surface area contributed by atoms with Crippen molar-refractivity contribution >= 4 is 52.2 Å². The van der Waals surface area contributed by atoms with Crippen LogP contribution < -0.4 is 0 Å². The maximum absolute atomic E-state index is 12.2. The molecule has 0 aliphatic carbocycles. The zero-order valence-electron chi connectivity index (χ0n) is 8.75. The fourth-order valence-electron chi connectivity index (χ4n) is 1.36. The van der Waals surface area contributed by atoms with Crippen LogP contribution in [0.1, 0.15) is 16.1 Å². The number of hydrogen-bond acceptors (Lipinski definition) is 2. The Kier molecular flexibility index (Phi) is 4.13. The van der Waals surface area contributed by atoms with Gasteiger partial charge in [0, 0.05) is 5.56 Å². The van der Waals surface area contributed by atoms with E-state index < -0.39 is 0 Å². The molecular formula is C12H5Cl4NO. The summed E-state index contributed by atoms with van der Waals surface area (Å²) in [5.41, 5.74) is 0.434. The minimum absolute atomic E-state index is 0.0000743. The average Bonchev–Trinajstić information content (AvgIpc) is 2.41. The Labute approximate surface area is 123 Å². The highest BCUT2D eigenvalue weighted by Crippen LogP contribution is 2.36. The Bertz CT molecular complexity index is 613. The van der Waals surface area contributed by atoms with Gasteiger partial charge < -0.3 is 0 Å². The summed E-state index contributed by atoms with van der Waals surface area (Å²) in [7, 11) is 0. The van der Waals surface area contributed by atoms with E-state index in [1.54, 1.807) is 30.3 Å². The quantitative estimate of drug-likeness (QED) is 0.580. The molecule has 0 spiro atoms. The topological polar surface area (TPSA) is 30.0 Å². The van der Waals surface area contributed by atoms with E-state index in [-0.39, 0.29) is 31.7 Å². The molecule has 6 heteroatoms. The molecule has 2 nitrogen and oxygen atoms in total. The Morgan fingerprint density at radius 1 is 0.889 bits per heavy atom. The third-order valence-electron chi connectivity index (χ3n) is 2.24. The van der Waals surface area contributed by atoms with Gasteiger partial charge in [-0.2, -0.15) is 0 Å². The van der Waals surface area contributed by atoms with Crippen molar-refractivity contribution in [3.05, 3.63) is 61.8 Å². The zero-order valence-corrected chi connectivity index (χ0v) is 11.8. The summed E-state index contributed by atoms with van der Waals surface area (Å²) in [5, 5.41) is 0.0100.